The van der Waals surface area contributed by atoms with E-state index in [-0.39, 0.29) is 5.91 Å². The van der Waals surface area contributed by atoms with Gasteiger partial charge in [-0.15, -0.1) is 0 Å². The van der Waals surface area contributed by atoms with E-state index in [2.05, 4.69) is 10.3 Å². The Morgan fingerprint density at radius 2 is 1.93 bits per heavy atom. The summed E-state index contributed by atoms with van der Waals surface area (Å²) in [5.74, 6) is 0.919. The van der Waals surface area contributed by atoms with Gasteiger partial charge < -0.3 is 14.5 Å². The molecule has 150 valence electrons. The predicted octanol–water partition coefficient (Wildman–Crippen LogP) is 5.85. The minimum absolute atomic E-state index is 0.247. The van der Waals surface area contributed by atoms with Gasteiger partial charge in [-0.05, 0) is 48.7 Å². The van der Waals surface area contributed by atoms with E-state index < -0.39 is 0 Å². The number of benzene rings is 2. The van der Waals surface area contributed by atoms with Crippen molar-refractivity contribution in [2.24, 2.45) is 0 Å². The molecule has 0 saturated heterocycles. The molecule has 2 aromatic heterocycles. The normalized spacial score (nSPS) is 11.5. The van der Waals surface area contributed by atoms with Crippen LogP contribution in [0.25, 0.3) is 27.7 Å². The molecule has 2 aromatic carbocycles. The molecule has 0 fully saturated rings. The zero-order chi connectivity index (χ0) is 21.1. The summed E-state index contributed by atoms with van der Waals surface area (Å²) >= 11 is 0. The molecule has 4 rings (SSSR count). The minimum Gasteiger partial charge on any atom is -0.496 e. The third-order valence-electron chi connectivity index (χ3n) is 4.92. The van der Waals surface area contributed by atoms with Crippen molar-refractivity contribution in [3.8, 4) is 16.9 Å². The van der Waals surface area contributed by atoms with Crippen molar-refractivity contribution in [3.63, 3.8) is 0 Å². The van der Waals surface area contributed by atoms with Crippen molar-refractivity contribution < 1.29 is 13.9 Å². The molecule has 0 saturated carbocycles. The average Bonchev–Trinajstić information content (AvgIpc) is 3.16. The third-order valence-corrected chi connectivity index (χ3v) is 4.92. The number of hydrogen-bond donors (Lipinski definition) is 1. The second kappa shape index (κ2) is 8.25. The number of aromatic nitrogens is 1. The van der Waals surface area contributed by atoms with Gasteiger partial charge in [0.2, 0.25) is 5.91 Å². The van der Waals surface area contributed by atoms with Crippen molar-refractivity contribution in [1.29, 1.82) is 0 Å². The number of carbonyl (C=O) groups is 1. The highest BCUT2D eigenvalue weighted by Gasteiger charge is 2.15. The molecule has 30 heavy (non-hydrogen) atoms. The Balaban J connectivity index is 1.71. The summed E-state index contributed by atoms with van der Waals surface area (Å²) in [4.78, 5) is 16.7. The predicted molar refractivity (Wildman–Crippen MR) is 119 cm³/mol. The van der Waals surface area contributed by atoms with E-state index >= 15 is 0 Å². The quantitative estimate of drug-likeness (QED) is 0.428. The molecule has 0 aliphatic rings. The molecule has 4 aromatic rings. The van der Waals surface area contributed by atoms with Crippen molar-refractivity contribution in [2.45, 2.75) is 13.8 Å². The van der Waals surface area contributed by atoms with Gasteiger partial charge in [0.1, 0.15) is 17.2 Å². The number of rotatable bonds is 5. The van der Waals surface area contributed by atoms with Crippen LogP contribution in [0.4, 0.5) is 5.82 Å². The van der Waals surface area contributed by atoms with E-state index in [1.807, 2.05) is 68.4 Å². The van der Waals surface area contributed by atoms with Gasteiger partial charge in [-0.25, -0.2) is 4.98 Å². The fourth-order valence-corrected chi connectivity index (χ4v) is 3.41. The van der Waals surface area contributed by atoms with Crippen LogP contribution in [-0.4, -0.2) is 18.0 Å². The van der Waals surface area contributed by atoms with Crippen LogP contribution in [0.1, 0.15) is 18.1 Å². The lowest BCUT2D eigenvalue weighted by atomic mass is 9.99. The fraction of sp³-hybridized carbons (Fsp3) is 0.120. The van der Waals surface area contributed by atoms with E-state index in [4.69, 9.17) is 9.15 Å². The highest BCUT2D eigenvalue weighted by atomic mass is 16.5. The maximum Gasteiger partial charge on any atom is 0.249 e. The molecule has 5 heteroatoms. The zero-order valence-corrected chi connectivity index (χ0v) is 17.1. The Morgan fingerprint density at radius 1 is 1.13 bits per heavy atom. The Labute approximate surface area is 175 Å². The minimum atomic E-state index is -0.247. The molecule has 0 bridgehead atoms. The Bertz CT molecular complexity index is 1240. The maximum absolute atomic E-state index is 12.5. The number of furan rings is 1. The van der Waals surface area contributed by atoms with Gasteiger partial charge in [0.15, 0.2) is 0 Å². The first-order valence-electron chi connectivity index (χ1n) is 9.62. The number of hydrogen-bond acceptors (Lipinski definition) is 4. The standard InChI is InChI=1S/C25H22N2O3/c1-16-9-10-26-24(11-16)27-25(28)12-17(2)19-13-20-21(18-7-5-4-6-8-18)15-30-23(20)14-22(19)29-3/h4-15H,1-3H3,(H,26,27,28)/b17-12+. The van der Waals surface area contributed by atoms with Crippen molar-refractivity contribution in [2.75, 3.05) is 12.4 Å². The van der Waals surface area contributed by atoms with E-state index in [0.717, 1.165) is 38.8 Å². The molecule has 5 nitrogen and oxygen atoms in total. The van der Waals surface area contributed by atoms with Crippen LogP contribution in [0.15, 0.2) is 77.6 Å². The molecule has 2 heterocycles. The first-order valence-corrected chi connectivity index (χ1v) is 9.62. The number of amides is 1. The molecule has 0 aliphatic heterocycles. The topological polar surface area (TPSA) is 64.4 Å². The summed E-state index contributed by atoms with van der Waals surface area (Å²) < 4.78 is 11.3. The van der Waals surface area contributed by atoms with Gasteiger partial charge in [-0.2, -0.15) is 0 Å². The monoisotopic (exact) mass is 398 g/mol. The fourth-order valence-electron chi connectivity index (χ4n) is 3.41. The van der Waals surface area contributed by atoms with Crippen molar-refractivity contribution in [3.05, 3.63) is 84.3 Å². The van der Waals surface area contributed by atoms with Crippen LogP contribution in [0.5, 0.6) is 5.75 Å². The van der Waals surface area contributed by atoms with Crippen LogP contribution in [0.3, 0.4) is 0 Å². The van der Waals surface area contributed by atoms with Gasteiger partial charge in [-0.3, -0.25) is 4.79 Å². The van der Waals surface area contributed by atoms with Gasteiger partial charge in [0, 0.05) is 34.9 Å². The number of carbonyl (C=O) groups excluding carboxylic acids is 1. The molecular weight excluding hydrogens is 376 g/mol. The molecule has 0 spiro atoms. The summed E-state index contributed by atoms with van der Waals surface area (Å²) in [6, 6.07) is 17.6. The van der Waals surface area contributed by atoms with Gasteiger partial charge in [-0.1, -0.05) is 30.3 Å². The number of allylic oxidation sites excluding steroid dienone is 1. The summed E-state index contributed by atoms with van der Waals surface area (Å²) in [7, 11) is 1.61. The third kappa shape index (κ3) is 3.96. The number of nitrogens with one attached hydrogen (secondary N) is 1. The number of anilines is 1. The molecule has 1 amide bonds. The van der Waals surface area contributed by atoms with Crippen LogP contribution >= 0.6 is 0 Å². The van der Waals surface area contributed by atoms with Gasteiger partial charge >= 0.3 is 0 Å². The maximum atomic E-state index is 12.5. The molecular formula is C25H22N2O3. The van der Waals surface area contributed by atoms with E-state index in [0.29, 0.717) is 11.6 Å². The largest absolute Gasteiger partial charge is 0.496 e. The summed E-state index contributed by atoms with van der Waals surface area (Å²) in [5.41, 5.74) is 5.43. The van der Waals surface area contributed by atoms with Crippen LogP contribution in [0.2, 0.25) is 0 Å². The number of ether oxygens (including phenoxy) is 1. The lowest BCUT2D eigenvalue weighted by molar-refractivity contribution is -0.111. The lowest BCUT2D eigenvalue weighted by Gasteiger charge is -2.10. The number of aryl methyl sites for hydroxylation is 1. The van der Waals surface area contributed by atoms with Crippen LogP contribution in [-0.2, 0) is 4.79 Å². The van der Waals surface area contributed by atoms with E-state index in [1.165, 1.54) is 0 Å². The number of pyridine rings is 1. The molecule has 0 aliphatic carbocycles. The SMILES string of the molecule is COc1cc2occ(-c3ccccc3)c2cc1/C(C)=C/C(=O)Nc1cc(C)ccn1. The Hall–Kier alpha value is -3.86. The second-order valence-corrected chi connectivity index (χ2v) is 7.10. The molecule has 0 atom stereocenters. The van der Waals surface area contributed by atoms with Crippen molar-refractivity contribution in [1.82, 2.24) is 4.98 Å². The molecule has 1 N–H and O–H groups in total. The average molecular weight is 398 g/mol. The van der Waals surface area contributed by atoms with Crippen molar-refractivity contribution >= 4 is 28.3 Å². The number of nitrogens with zero attached hydrogens (tertiary/aromatic N) is 1. The van der Waals surface area contributed by atoms with Crippen LogP contribution in [0, 0.1) is 6.92 Å². The van der Waals surface area contributed by atoms with Gasteiger partial charge in [0.05, 0.1) is 13.4 Å². The summed E-state index contributed by atoms with van der Waals surface area (Å²) in [5, 5.41) is 3.77. The zero-order valence-electron chi connectivity index (χ0n) is 17.1. The lowest BCUT2D eigenvalue weighted by Crippen LogP contribution is -2.10. The van der Waals surface area contributed by atoms with E-state index in [9.17, 15) is 4.79 Å². The molecule has 0 unspecified atom stereocenters. The first-order chi connectivity index (χ1) is 14.5. The highest BCUT2D eigenvalue weighted by molar-refractivity contribution is 6.05. The summed E-state index contributed by atoms with van der Waals surface area (Å²) in [6.45, 7) is 3.84. The molecule has 0 radical (unpaired) electrons. The second-order valence-electron chi connectivity index (χ2n) is 7.10. The Kier molecular flexibility index (Phi) is 5.35. The van der Waals surface area contributed by atoms with Crippen LogP contribution < -0.4 is 10.1 Å². The smallest absolute Gasteiger partial charge is 0.249 e. The first kappa shape index (κ1) is 19.5. The van der Waals surface area contributed by atoms with Gasteiger partial charge in [0.25, 0.3) is 0 Å². The summed E-state index contributed by atoms with van der Waals surface area (Å²) in [6.07, 6.45) is 4.97. The highest BCUT2D eigenvalue weighted by Crippen LogP contribution is 2.37. The number of methoxy groups -OCH3 is 1. The Morgan fingerprint density at radius 3 is 2.67 bits per heavy atom. The van der Waals surface area contributed by atoms with E-state index in [1.54, 1.807) is 25.6 Å². The number of fused-ring (bicyclic) bond motifs is 1.